The average Bonchev–Trinajstić information content (AvgIpc) is 2.70. The fraction of sp³-hybridized carbons (Fsp3) is 0.600. The molecule has 3 amide bonds. The van der Waals surface area contributed by atoms with Crippen LogP contribution in [0.5, 0.6) is 11.5 Å². The van der Waals surface area contributed by atoms with Gasteiger partial charge in [0.25, 0.3) is 0 Å². The van der Waals surface area contributed by atoms with E-state index in [9.17, 15) is 9.59 Å². The van der Waals surface area contributed by atoms with Crippen molar-refractivity contribution in [1.82, 2.24) is 15.5 Å². The molecular formula is C20H29N3O4. The molecule has 1 atom stereocenters. The molecule has 2 N–H and O–H groups in total. The maximum atomic E-state index is 12.6. The van der Waals surface area contributed by atoms with E-state index in [1.54, 1.807) is 14.2 Å². The van der Waals surface area contributed by atoms with Gasteiger partial charge in [-0.1, -0.05) is 0 Å². The third-order valence-corrected chi connectivity index (χ3v) is 5.59. The van der Waals surface area contributed by atoms with Crippen LogP contribution in [0.3, 0.4) is 0 Å². The van der Waals surface area contributed by atoms with E-state index in [1.807, 2.05) is 23.1 Å². The highest BCUT2D eigenvalue weighted by molar-refractivity contribution is 5.77. The number of amides is 3. The Morgan fingerprint density at radius 2 is 1.96 bits per heavy atom. The van der Waals surface area contributed by atoms with Gasteiger partial charge in [0.2, 0.25) is 5.91 Å². The molecule has 2 fully saturated rings. The van der Waals surface area contributed by atoms with Crippen LogP contribution in [0.25, 0.3) is 0 Å². The first kappa shape index (κ1) is 19.3. The topological polar surface area (TPSA) is 79.9 Å². The Kier molecular flexibility index (Phi) is 6.08. The molecule has 7 nitrogen and oxygen atoms in total. The summed E-state index contributed by atoms with van der Waals surface area (Å²) in [6, 6.07) is 5.71. The minimum Gasteiger partial charge on any atom is -0.497 e. The smallest absolute Gasteiger partial charge is 0.317 e. The number of urea groups is 1. The molecule has 0 saturated carbocycles. The Labute approximate surface area is 160 Å². The maximum Gasteiger partial charge on any atom is 0.317 e. The highest BCUT2D eigenvalue weighted by atomic mass is 16.5. The van der Waals surface area contributed by atoms with E-state index in [-0.39, 0.29) is 17.4 Å². The number of rotatable bonds is 5. The van der Waals surface area contributed by atoms with E-state index in [0.29, 0.717) is 32.5 Å². The van der Waals surface area contributed by atoms with Crippen molar-refractivity contribution < 1.29 is 19.1 Å². The minimum absolute atomic E-state index is 0.0270. The molecule has 1 spiro atoms. The van der Waals surface area contributed by atoms with Crippen LogP contribution in [0.1, 0.15) is 31.2 Å². The summed E-state index contributed by atoms with van der Waals surface area (Å²) in [5, 5.41) is 5.99. The quantitative estimate of drug-likeness (QED) is 0.824. The van der Waals surface area contributed by atoms with Crippen molar-refractivity contribution in [2.45, 2.75) is 32.1 Å². The number of carbonyl (C=O) groups excluding carboxylic acids is 2. The fourth-order valence-corrected chi connectivity index (χ4v) is 4.01. The monoisotopic (exact) mass is 375 g/mol. The van der Waals surface area contributed by atoms with Crippen LogP contribution in [0.4, 0.5) is 4.79 Å². The second-order valence-electron chi connectivity index (χ2n) is 7.50. The Balaban J connectivity index is 1.51. The molecule has 3 rings (SSSR count). The number of likely N-dealkylation sites (tertiary alicyclic amines) is 1. The Hall–Kier alpha value is -2.44. The van der Waals surface area contributed by atoms with Gasteiger partial charge in [0.1, 0.15) is 11.5 Å². The molecule has 2 heterocycles. The number of methoxy groups -OCH3 is 2. The molecule has 27 heavy (non-hydrogen) atoms. The van der Waals surface area contributed by atoms with Crippen LogP contribution in [-0.4, -0.2) is 57.2 Å². The molecule has 1 unspecified atom stereocenters. The first-order valence-electron chi connectivity index (χ1n) is 9.55. The first-order chi connectivity index (χ1) is 13.0. The van der Waals surface area contributed by atoms with Crippen LogP contribution in [0.2, 0.25) is 0 Å². The summed E-state index contributed by atoms with van der Waals surface area (Å²) >= 11 is 0. The summed E-state index contributed by atoms with van der Waals surface area (Å²) in [5.74, 6) is 1.61. The number of nitrogens with one attached hydrogen (secondary N) is 2. The number of piperidine rings is 2. The maximum absolute atomic E-state index is 12.6. The van der Waals surface area contributed by atoms with Crippen LogP contribution in [0.15, 0.2) is 18.2 Å². The first-order valence-corrected chi connectivity index (χ1v) is 9.55. The van der Waals surface area contributed by atoms with Gasteiger partial charge in [-0.3, -0.25) is 4.79 Å². The summed E-state index contributed by atoms with van der Waals surface area (Å²) in [6.45, 7) is 2.72. The summed E-state index contributed by atoms with van der Waals surface area (Å²) < 4.78 is 10.6. The van der Waals surface area contributed by atoms with Gasteiger partial charge < -0.3 is 25.0 Å². The van der Waals surface area contributed by atoms with Crippen LogP contribution >= 0.6 is 0 Å². The van der Waals surface area contributed by atoms with Gasteiger partial charge in [0.15, 0.2) is 0 Å². The van der Waals surface area contributed by atoms with Gasteiger partial charge in [-0.2, -0.15) is 0 Å². The summed E-state index contributed by atoms with van der Waals surface area (Å²) in [4.78, 5) is 25.9. The molecule has 0 aliphatic carbocycles. The molecular weight excluding hydrogens is 346 g/mol. The second kappa shape index (κ2) is 8.50. The van der Waals surface area contributed by atoms with Crippen molar-refractivity contribution in [2.75, 3.05) is 40.4 Å². The number of benzene rings is 1. The van der Waals surface area contributed by atoms with Gasteiger partial charge in [-0.25, -0.2) is 4.79 Å². The van der Waals surface area contributed by atoms with E-state index < -0.39 is 0 Å². The van der Waals surface area contributed by atoms with Crippen molar-refractivity contribution in [3.8, 4) is 11.5 Å². The predicted octanol–water partition coefficient (Wildman–Crippen LogP) is 1.95. The molecule has 1 aromatic rings. The average molecular weight is 375 g/mol. The molecule has 0 aromatic heterocycles. The highest BCUT2D eigenvalue weighted by Crippen LogP contribution is 2.36. The van der Waals surface area contributed by atoms with E-state index in [0.717, 1.165) is 42.9 Å². The second-order valence-corrected chi connectivity index (χ2v) is 7.50. The lowest BCUT2D eigenvalue weighted by atomic mass is 9.74. The lowest BCUT2D eigenvalue weighted by Crippen LogP contribution is -2.55. The van der Waals surface area contributed by atoms with E-state index >= 15 is 0 Å². The van der Waals surface area contributed by atoms with Crippen LogP contribution in [-0.2, 0) is 11.2 Å². The zero-order valence-electron chi connectivity index (χ0n) is 16.2. The van der Waals surface area contributed by atoms with Crippen LogP contribution < -0.4 is 20.1 Å². The predicted molar refractivity (Wildman–Crippen MR) is 102 cm³/mol. The van der Waals surface area contributed by atoms with E-state index in [2.05, 4.69) is 10.6 Å². The number of carbonyl (C=O) groups is 2. The normalized spacial score (nSPS) is 22.3. The molecule has 1 aromatic carbocycles. The summed E-state index contributed by atoms with van der Waals surface area (Å²) in [7, 11) is 3.25. The molecule has 2 saturated heterocycles. The van der Waals surface area contributed by atoms with E-state index in [4.69, 9.17) is 9.47 Å². The molecule has 148 valence electrons. The van der Waals surface area contributed by atoms with Gasteiger partial charge >= 0.3 is 6.03 Å². The van der Waals surface area contributed by atoms with Crippen molar-refractivity contribution in [1.29, 1.82) is 0 Å². The molecule has 7 heteroatoms. The Morgan fingerprint density at radius 1 is 1.22 bits per heavy atom. The number of nitrogens with zero attached hydrogens (tertiary/aromatic N) is 1. The highest BCUT2D eigenvalue weighted by Gasteiger charge is 2.39. The Morgan fingerprint density at radius 3 is 2.59 bits per heavy atom. The number of ether oxygens (including phenoxy) is 2. The number of hydrogen-bond donors (Lipinski definition) is 2. The summed E-state index contributed by atoms with van der Waals surface area (Å²) in [5.41, 5.74) is 1.10. The summed E-state index contributed by atoms with van der Waals surface area (Å²) in [6.07, 6.45) is 4.19. The molecule has 0 bridgehead atoms. The van der Waals surface area contributed by atoms with Crippen molar-refractivity contribution in [3.05, 3.63) is 23.8 Å². The van der Waals surface area contributed by atoms with Crippen molar-refractivity contribution in [2.24, 2.45) is 5.41 Å². The Bertz CT molecular complexity index is 660. The zero-order chi connectivity index (χ0) is 19.3. The molecule has 0 radical (unpaired) electrons. The van der Waals surface area contributed by atoms with Gasteiger partial charge in [0, 0.05) is 44.1 Å². The molecule has 2 aliphatic heterocycles. The lowest BCUT2D eigenvalue weighted by Gasteiger charge is -2.44. The van der Waals surface area contributed by atoms with Gasteiger partial charge in [0.05, 0.1) is 14.2 Å². The van der Waals surface area contributed by atoms with Gasteiger partial charge in [-0.15, -0.1) is 0 Å². The zero-order valence-corrected chi connectivity index (χ0v) is 16.2. The number of hydrogen-bond acceptors (Lipinski definition) is 4. The van der Waals surface area contributed by atoms with Crippen LogP contribution in [0, 0.1) is 5.41 Å². The SMILES string of the molecule is COc1cc(CCNC(=O)N2CCCC3(CCC(=O)NC3)C2)cc(OC)c1. The largest absolute Gasteiger partial charge is 0.497 e. The minimum atomic E-state index is -0.0270. The van der Waals surface area contributed by atoms with Crippen molar-refractivity contribution >= 4 is 11.9 Å². The molecule has 2 aliphatic rings. The standard InChI is InChI=1S/C20H29N3O4/c1-26-16-10-15(11-17(12-16)27-2)5-8-21-19(25)23-9-3-6-20(14-23)7-4-18(24)22-13-20/h10-12H,3-9,13-14H2,1-2H3,(H,21,25)(H,22,24). The van der Waals surface area contributed by atoms with Crippen molar-refractivity contribution in [3.63, 3.8) is 0 Å². The lowest BCUT2D eigenvalue weighted by molar-refractivity contribution is -0.125. The fourth-order valence-electron chi connectivity index (χ4n) is 4.01. The third kappa shape index (κ3) is 4.84. The van der Waals surface area contributed by atoms with E-state index in [1.165, 1.54) is 0 Å². The van der Waals surface area contributed by atoms with Gasteiger partial charge in [-0.05, 0) is 43.4 Å². The third-order valence-electron chi connectivity index (χ3n) is 5.59.